The first-order valence-corrected chi connectivity index (χ1v) is 12.8. The van der Waals surface area contributed by atoms with Gasteiger partial charge in [0.25, 0.3) is 0 Å². The van der Waals surface area contributed by atoms with Gasteiger partial charge in [0.05, 0.1) is 0 Å². The van der Waals surface area contributed by atoms with Gasteiger partial charge in [-0.1, -0.05) is 117 Å². The van der Waals surface area contributed by atoms with Crippen molar-refractivity contribution in [1.29, 1.82) is 0 Å². The molecule has 0 aromatic rings. The summed E-state index contributed by atoms with van der Waals surface area (Å²) >= 11 is 5.21. The van der Waals surface area contributed by atoms with E-state index in [1.54, 1.807) is 0 Å². The highest BCUT2D eigenvalue weighted by Crippen LogP contribution is 2.13. The van der Waals surface area contributed by atoms with Crippen molar-refractivity contribution >= 4 is 23.5 Å². The van der Waals surface area contributed by atoms with Crippen LogP contribution < -0.4 is 10.7 Å². The molecule has 0 aliphatic rings. The summed E-state index contributed by atoms with van der Waals surface area (Å²) in [4.78, 5) is 0. The van der Waals surface area contributed by atoms with Crippen LogP contribution in [0.2, 0.25) is 0 Å². The van der Waals surface area contributed by atoms with Gasteiger partial charge in [-0.25, -0.2) is 0 Å². The second kappa shape index (κ2) is 24.4. The van der Waals surface area contributed by atoms with Crippen molar-refractivity contribution in [1.82, 2.24) is 10.7 Å². The Labute approximate surface area is 181 Å². The van der Waals surface area contributed by atoms with Crippen LogP contribution in [-0.2, 0) is 0 Å². The van der Waals surface area contributed by atoms with E-state index in [2.05, 4.69) is 29.7 Å². The Morgan fingerprint density at radius 2 is 1.07 bits per heavy atom. The maximum absolute atomic E-state index is 5.21. The Kier molecular flexibility index (Phi) is 23.8. The fraction of sp³-hybridized carbons (Fsp3) is 0.917. The van der Waals surface area contributed by atoms with Crippen molar-refractivity contribution in [3.63, 3.8) is 0 Å². The van der Waals surface area contributed by atoms with Gasteiger partial charge in [-0.15, -0.1) is 0 Å². The quantitative estimate of drug-likeness (QED) is 0.0872. The molecular weight excluding hydrogens is 362 g/mol. The zero-order valence-electron chi connectivity index (χ0n) is 19.1. The molecule has 0 unspecified atom stereocenters. The maximum atomic E-state index is 5.21. The van der Waals surface area contributed by atoms with E-state index in [4.69, 9.17) is 12.2 Å². The number of hydrogen-bond acceptors (Lipinski definition) is 2. The zero-order chi connectivity index (χ0) is 20.5. The number of nitrogens with zero attached hydrogens (tertiary/aromatic N) is 1. The van der Waals surface area contributed by atoms with Gasteiger partial charge in [0, 0.05) is 12.8 Å². The summed E-state index contributed by atoms with van der Waals surface area (Å²) in [6.07, 6.45) is 27.8. The minimum absolute atomic E-state index is 0.647. The van der Waals surface area contributed by atoms with Crippen molar-refractivity contribution in [3.8, 4) is 0 Å². The van der Waals surface area contributed by atoms with Crippen LogP contribution in [0.15, 0.2) is 5.10 Å². The molecule has 4 heteroatoms. The van der Waals surface area contributed by atoms with Crippen LogP contribution in [0.5, 0.6) is 0 Å². The van der Waals surface area contributed by atoms with Crippen molar-refractivity contribution in [3.05, 3.63) is 0 Å². The first-order valence-electron chi connectivity index (χ1n) is 12.4. The van der Waals surface area contributed by atoms with Gasteiger partial charge < -0.3 is 5.32 Å². The minimum atomic E-state index is 0.647. The van der Waals surface area contributed by atoms with Gasteiger partial charge in [-0.3, -0.25) is 5.43 Å². The Hall–Kier alpha value is -0.640. The molecule has 2 N–H and O–H groups in total. The molecule has 0 bridgehead atoms. The van der Waals surface area contributed by atoms with E-state index in [1.165, 1.54) is 116 Å². The molecule has 0 aromatic heterocycles. The van der Waals surface area contributed by atoms with Crippen molar-refractivity contribution in [2.45, 2.75) is 136 Å². The summed E-state index contributed by atoms with van der Waals surface area (Å²) in [5.74, 6) is 0. The van der Waals surface area contributed by atoms with Crippen molar-refractivity contribution in [2.24, 2.45) is 5.10 Å². The van der Waals surface area contributed by atoms with Crippen LogP contribution >= 0.6 is 12.2 Å². The Balaban J connectivity index is 3.13. The van der Waals surface area contributed by atoms with Gasteiger partial charge in [-0.2, -0.15) is 5.10 Å². The standard InChI is InChI=1S/C24H49N3S/c1-3-5-7-8-9-10-11-12-13-14-15-16-17-18-19-21-22-25-24(28)27-26-23-20-6-4-2/h23H,3-22H2,1-2H3,(H2,25,27,28)/b26-23-. The van der Waals surface area contributed by atoms with Crippen LogP contribution in [0.4, 0.5) is 0 Å². The number of hydrazone groups is 1. The predicted molar refractivity (Wildman–Crippen MR) is 131 cm³/mol. The lowest BCUT2D eigenvalue weighted by molar-refractivity contribution is 0.529. The summed E-state index contributed by atoms with van der Waals surface area (Å²) in [6.45, 7) is 5.43. The molecule has 0 amide bonds. The molecule has 0 saturated carbocycles. The van der Waals surface area contributed by atoms with Crippen LogP contribution in [0.3, 0.4) is 0 Å². The lowest BCUT2D eigenvalue weighted by Crippen LogP contribution is -2.32. The number of nitrogens with one attached hydrogen (secondary N) is 2. The Morgan fingerprint density at radius 3 is 1.54 bits per heavy atom. The van der Waals surface area contributed by atoms with Crippen LogP contribution in [0.25, 0.3) is 0 Å². The van der Waals surface area contributed by atoms with Crippen molar-refractivity contribution < 1.29 is 0 Å². The number of thiocarbonyl (C=S) groups is 1. The average Bonchev–Trinajstić information content (AvgIpc) is 2.70. The fourth-order valence-electron chi connectivity index (χ4n) is 3.38. The van der Waals surface area contributed by atoms with Gasteiger partial charge in [0.15, 0.2) is 5.11 Å². The molecule has 0 radical (unpaired) electrons. The van der Waals surface area contributed by atoms with Gasteiger partial charge in [0.2, 0.25) is 0 Å². The van der Waals surface area contributed by atoms with E-state index >= 15 is 0 Å². The third-order valence-corrected chi connectivity index (χ3v) is 5.50. The normalized spacial score (nSPS) is 11.2. The summed E-state index contributed by atoms with van der Waals surface area (Å²) in [7, 11) is 0. The second-order valence-electron chi connectivity index (χ2n) is 8.12. The van der Waals surface area contributed by atoms with E-state index in [0.29, 0.717) is 5.11 Å². The molecule has 0 fully saturated rings. The Morgan fingerprint density at radius 1 is 0.643 bits per heavy atom. The topological polar surface area (TPSA) is 36.4 Å². The van der Waals surface area contributed by atoms with E-state index in [-0.39, 0.29) is 0 Å². The molecule has 0 aliphatic heterocycles. The molecule has 0 heterocycles. The van der Waals surface area contributed by atoms with Gasteiger partial charge in [0.1, 0.15) is 0 Å². The van der Waals surface area contributed by atoms with Gasteiger partial charge >= 0.3 is 0 Å². The predicted octanol–water partition coefficient (Wildman–Crippen LogP) is 7.89. The first kappa shape index (κ1) is 27.4. The molecule has 0 spiro atoms. The number of unbranched alkanes of at least 4 members (excludes halogenated alkanes) is 17. The Bertz CT molecular complexity index is 345. The maximum Gasteiger partial charge on any atom is 0.186 e. The lowest BCUT2D eigenvalue weighted by Gasteiger charge is -2.07. The monoisotopic (exact) mass is 411 g/mol. The summed E-state index contributed by atoms with van der Waals surface area (Å²) < 4.78 is 0. The third-order valence-electron chi connectivity index (χ3n) is 5.26. The van der Waals surface area contributed by atoms with Crippen LogP contribution in [0, 0.1) is 0 Å². The second-order valence-corrected chi connectivity index (χ2v) is 8.53. The van der Waals surface area contributed by atoms with Crippen LogP contribution in [0.1, 0.15) is 136 Å². The average molecular weight is 412 g/mol. The molecule has 0 aromatic carbocycles. The SMILES string of the molecule is CCCC/C=N\NC(=S)NCCCCCCCCCCCCCCCCCC. The summed E-state index contributed by atoms with van der Waals surface area (Å²) in [6, 6.07) is 0. The van der Waals surface area contributed by atoms with Crippen LogP contribution in [-0.4, -0.2) is 17.9 Å². The summed E-state index contributed by atoms with van der Waals surface area (Å²) in [5.41, 5.74) is 2.89. The van der Waals surface area contributed by atoms with Gasteiger partial charge in [-0.05, 0) is 31.5 Å². The van der Waals surface area contributed by atoms with E-state index in [9.17, 15) is 0 Å². The van der Waals surface area contributed by atoms with Crippen molar-refractivity contribution in [2.75, 3.05) is 6.54 Å². The van der Waals surface area contributed by atoms with E-state index in [0.717, 1.165) is 13.0 Å². The fourth-order valence-corrected chi connectivity index (χ4v) is 3.53. The summed E-state index contributed by atoms with van der Waals surface area (Å²) in [5, 5.41) is 8.00. The number of rotatable bonds is 21. The molecular formula is C24H49N3S. The highest BCUT2D eigenvalue weighted by atomic mass is 32.1. The first-order chi connectivity index (χ1) is 13.8. The van der Waals surface area contributed by atoms with E-state index in [1.807, 2.05) is 6.21 Å². The highest BCUT2D eigenvalue weighted by molar-refractivity contribution is 7.80. The molecule has 0 rings (SSSR count). The minimum Gasteiger partial charge on any atom is -0.361 e. The smallest absolute Gasteiger partial charge is 0.186 e. The largest absolute Gasteiger partial charge is 0.361 e. The third kappa shape index (κ3) is 23.4. The molecule has 0 aliphatic carbocycles. The molecule has 166 valence electrons. The molecule has 28 heavy (non-hydrogen) atoms. The van der Waals surface area contributed by atoms with E-state index < -0.39 is 0 Å². The molecule has 0 atom stereocenters. The highest BCUT2D eigenvalue weighted by Gasteiger charge is 1.96. The lowest BCUT2D eigenvalue weighted by atomic mass is 10.0. The molecule has 3 nitrogen and oxygen atoms in total. The zero-order valence-corrected chi connectivity index (χ0v) is 19.9. The molecule has 0 saturated heterocycles. The number of hydrogen-bond donors (Lipinski definition) is 2.